The predicted octanol–water partition coefficient (Wildman–Crippen LogP) is 3.77. The number of nitrogens with zero attached hydrogens (tertiary/aromatic N) is 3. The number of rotatable bonds is 7. The van der Waals surface area contributed by atoms with Gasteiger partial charge in [-0.25, -0.2) is 19.7 Å². The maximum atomic E-state index is 12.0. The number of carbonyl (C=O) groups excluding carboxylic acids is 1. The normalized spacial score (nSPS) is 10.3. The maximum absolute atomic E-state index is 12.0. The van der Waals surface area contributed by atoms with Crippen LogP contribution in [0, 0.1) is 20.8 Å². The number of amides is 2. The van der Waals surface area contributed by atoms with Crippen LogP contribution in [0.5, 0.6) is 0 Å². The summed E-state index contributed by atoms with van der Waals surface area (Å²) < 4.78 is 0. The molecule has 2 amide bonds. The number of nitrogens with one attached hydrogen (secondary N) is 4. The van der Waals surface area contributed by atoms with E-state index in [9.17, 15) is 4.79 Å². The van der Waals surface area contributed by atoms with Crippen molar-refractivity contribution < 1.29 is 4.79 Å². The van der Waals surface area contributed by atoms with Crippen LogP contribution in [0.3, 0.4) is 0 Å². The fourth-order valence-electron chi connectivity index (χ4n) is 2.62. The molecule has 0 aliphatic carbocycles. The van der Waals surface area contributed by atoms with E-state index >= 15 is 0 Å². The van der Waals surface area contributed by atoms with Crippen LogP contribution in [0.25, 0.3) is 0 Å². The van der Waals surface area contributed by atoms with Crippen LogP contribution in [0.2, 0.25) is 0 Å². The molecule has 0 aliphatic heterocycles. The van der Waals surface area contributed by atoms with Crippen molar-refractivity contribution in [2.45, 2.75) is 20.8 Å². The zero-order valence-electron chi connectivity index (χ0n) is 16.8. The van der Waals surface area contributed by atoms with Gasteiger partial charge in [0.1, 0.15) is 23.8 Å². The molecule has 29 heavy (non-hydrogen) atoms. The average molecular weight is 391 g/mol. The molecule has 3 aromatic rings. The average Bonchev–Trinajstić information content (AvgIpc) is 2.68. The number of hydrogen-bond donors (Lipinski definition) is 4. The Morgan fingerprint density at radius 2 is 1.66 bits per heavy atom. The standard InChI is InChI=1S/C21H25N7O/c1-14-6-7-22-19(10-14)28-20-12-18(25-13-26-20)23-8-9-24-21(29)27-17-5-4-15(2)16(3)11-17/h4-7,10-13H,8-9H2,1-3H3,(H2,24,27,29)(H2,22,23,25,26,28). The van der Waals surface area contributed by atoms with Crippen molar-refractivity contribution in [1.82, 2.24) is 20.3 Å². The Morgan fingerprint density at radius 1 is 0.862 bits per heavy atom. The molecule has 0 radical (unpaired) electrons. The van der Waals surface area contributed by atoms with Gasteiger partial charge >= 0.3 is 6.03 Å². The zero-order valence-corrected chi connectivity index (χ0v) is 16.8. The number of aromatic nitrogens is 3. The summed E-state index contributed by atoms with van der Waals surface area (Å²) in [6, 6.07) is 11.2. The number of urea groups is 1. The molecule has 1 aromatic carbocycles. The van der Waals surface area contributed by atoms with Crippen LogP contribution in [0.4, 0.5) is 27.9 Å². The van der Waals surface area contributed by atoms with E-state index in [-0.39, 0.29) is 6.03 Å². The van der Waals surface area contributed by atoms with Gasteiger partial charge in [0.15, 0.2) is 0 Å². The topological polar surface area (TPSA) is 104 Å². The Labute approximate surface area is 170 Å². The first kappa shape index (κ1) is 20.1. The lowest BCUT2D eigenvalue weighted by atomic mass is 10.1. The molecule has 0 unspecified atom stereocenters. The van der Waals surface area contributed by atoms with Gasteiger partial charge in [-0.15, -0.1) is 0 Å². The molecule has 4 N–H and O–H groups in total. The molecule has 8 heteroatoms. The molecular weight excluding hydrogens is 366 g/mol. The molecular formula is C21H25N7O. The smallest absolute Gasteiger partial charge is 0.319 e. The molecule has 0 atom stereocenters. The summed E-state index contributed by atoms with van der Waals surface area (Å²) >= 11 is 0. The fraction of sp³-hybridized carbons (Fsp3) is 0.238. The number of anilines is 4. The van der Waals surface area contributed by atoms with Crippen LogP contribution < -0.4 is 21.3 Å². The van der Waals surface area contributed by atoms with Gasteiger partial charge in [0.25, 0.3) is 0 Å². The Hall–Kier alpha value is -3.68. The SMILES string of the molecule is Cc1ccnc(Nc2cc(NCCNC(=O)Nc3ccc(C)c(C)c3)ncn2)c1. The summed E-state index contributed by atoms with van der Waals surface area (Å²) in [6.07, 6.45) is 3.22. The van der Waals surface area contributed by atoms with Crippen molar-refractivity contribution in [1.29, 1.82) is 0 Å². The van der Waals surface area contributed by atoms with E-state index in [0.29, 0.717) is 24.7 Å². The molecule has 0 aliphatic rings. The first-order valence-corrected chi connectivity index (χ1v) is 9.37. The highest BCUT2D eigenvalue weighted by atomic mass is 16.2. The number of benzene rings is 1. The maximum Gasteiger partial charge on any atom is 0.319 e. The predicted molar refractivity (Wildman–Crippen MR) is 116 cm³/mol. The third kappa shape index (κ3) is 6.17. The molecule has 2 aromatic heterocycles. The van der Waals surface area contributed by atoms with Gasteiger partial charge in [-0.3, -0.25) is 0 Å². The number of aryl methyl sites for hydroxylation is 3. The number of carbonyl (C=O) groups is 1. The lowest BCUT2D eigenvalue weighted by Gasteiger charge is -2.11. The van der Waals surface area contributed by atoms with Gasteiger partial charge in [-0.1, -0.05) is 6.07 Å². The van der Waals surface area contributed by atoms with Crippen LogP contribution >= 0.6 is 0 Å². The van der Waals surface area contributed by atoms with Crippen molar-refractivity contribution in [3.05, 3.63) is 65.6 Å². The molecule has 0 fully saturated rings. The Balaban J connectivity index is 1.44. The zero-order chi connectivity index (χ0) is 20.6. The minimum atomic E-state index is -0.245. The van der Waals surface area contributed by atoms with Gasteiger partial charge in [0.05, 0.1) is 0 Å². The highest BCUT2D eigenvalue weighted by Crippen LogP contribution is 2.15. The molecule has 0 saturated heterocycles. The van der Waals surface area contributed by atoms with Crippen molar-refractivity contribution >= 4 is 29.2 Å². The van der Waals surface area contributed by atoms with Crippen LogP contribution in [0.15, 0.2) is 48.9 Å². The lowest BCUT2D eigenvalue weighted by molar-refractivity contribution is 0.252. The molecule has 150 valence electrons. The van der Waals surface area contributed by atoms with Crippen molar-refractivity contribution in [2.24, 2.45) is 0 Å². The second-order valence-electron chi connectivity index (χ2n) is 6.74. The van der Waals surface area contributed by atoms with Crippen molar-refractivity contribution in [2.75, 3.05) is 29.0 Å². The summed E-state index contributed by atoms with van der Waals surface area (Å²) in [4.78, 5) is 24.7. The second kappa shape index (κ2) is 9.50. The van der Waals surface area contributed by atoms with Crippen LogP contribution in [-0.2, 0) is 0 Å². The van der Waals surface area contributed by atoms with Crippen molar-refractivity contribution in [3.63, 3.8) is 0 Å². The van der Waals surface area contributed by atoms with Gasteiger partial charge in [0, 0.05) is 31.0 Å². The molecule has 0 saturated carbocycles. The highest BCUT2D eigenvalue weighted by Gasteiger charge is 2.04. The summed E-state index contributed by atoms with van der Waals surface area (Å²) in [5.41, 5.74) is 4.21. The van der Waals surface area contributed by atoms with E-state index in [1.165, 1.54) is 11.9 Å². The lowest BCUT2D eigenvalue weighted by Crippen LogP contribution is -2.32. The first-order valence-electron chi connectivity index (χ1n) is 9.37. The number of pyridine rings is 1. The van der Waals surface area contributed by atoms with Crippen LogP contribution in [-0.4, -0.2) is 34.1 Å². The Bertz CT molecular complexity index is 990. The Kier molecular flexibility index (Phi) is 6.57. The molecule has 8 nitrogen and oxygen atoms in total. The van der Waals surface area contributed by atoms with E-state index in [0.717, 1.165) is 22.6 Å². The van der Waals surface area contributed by atoms with Crippen molar-refractivity contribution in [3.8, 4) is 0 Å². The van der Waals surface area contributed by atoms with Gasteiger partial charge in [-0.2, -0.15) is 0 Å². The summed E-state index contributed by atoms with van der Waals surface area (Å²) in [5.74, 6) is 2.02. The largest absolute Gasteiger partial charge is 0.368 e. The Morgan fingerprint density at radius 3 is 2.45 bits per heavy atom. The molecule has 0 bridgehead atoms. The fourth-order valence-corrected chi connectivity index (χ4v) is 2.62. The van der Waals surface area contributed by atoms with E-state index < -0.39 is 0 Å². The quantitative estimate of drug-likeness (QED) is 0.457. The van der Waals surface area contributed by atoms with E-state index in [2.05, 4.69) is 36.2 Å². The minimum absolute atomic E-state index is 0.245. The number of hydrogen-bond acceptors (Lipinski definition) is 6. The van der Waals surface area contributed by atoms with E-state index in [4.69, 9.17) is 0 Å². The van der Waals surface area contributed by atoms with Gasteiger partial charge in [0.2, 0.25) is 0 Å². The summed E-state index contributed by atoms with van der Waals surface area (Å²) in [5, 5.41) is 12.0. The summed E-state index contributed by atoms with van der Waals surface area (Å²) in [7, 11) is 0. The monoisotopic (exact) mass is 391 g/mol. The third-order valence-corrected chi connectivity index (χ3v) is 4.32. The van der Waals surface area contributed by atoms with Crippen LogP contribution in [0.1, 0.15) is 16.7 Å². The third-order valence-electron chi connectivity index (χ3n) is 4.32. The summed E-state index contributed by atoms with van der Waals surface area (Å²) in [6.45, 7) is 7.03. The van der Waals surface area contributed by atoms with E-state index in [1.54, 1.807) is 12.3 Å². The van der Waals surface area contributed by atoms with E-state index in [1.807, 2.05) is 51.1 Å². The molecule has 0 spiro atoms. The molecule has 3 rings (SSSR count). The highest BCUT2D eigenvalue weighted by molar-refractivity contribution is 5.89. The second-order valence-corrected chi connectivity index (χ2v) is 6.74. The first-order chi connectivity index (χ1) is 14.0. The molecule has 2 heterocycles. The van der Waals surface area contributed by atoms with Gasteiger partial charge < -0.3 is 21.3 Å². The minimum Gasteiger partial charge on any atom is -0.368 e. The van der Waals surface area contributed by atoms with Gasteiger partial charge in [-0.05, 0) is 61.7 Å².